The fourth-order valence-corrected chi connectivity index (χ4v) is 4.09. The van der Waals surface area contributed by atoms with Gasteiger partial charge in [-0.3, -0.25) is 4.79 Å². The van der Waals surface area contributed by atoms with Crippen molar-refractivity contribution in [2.45, 2.75) is 71.8 Å². The van der Waals surface area contributed by atoms with Gasteiger partial charge in [-0.1, -0.05) is 20.8 Å². The molecule has 1 heterocycles. The summed E-state index contributed by atoms with van der Waals surface area (Å²) in [5, 5.41) is 3.37. The van der Waals surface area contributed by atoms with Gasteiger partial charge in [0.05, 0.1) is 0 Å². The van der Waals surface area contributed by atoms with Gasteiger partial charge in [0.1, 0.15) is 6.10 Å². The molecule has 3 nitrogen and oxygen atoms in total. The molecular weight excluding hydrogens is 250 g/mol. The summed E-state index contributed by atoms with van der Waals surface area (Å²) in [4.78, 5) is 12.0. The van der Waals surface area contributed by atoms with E-state index in [9.17, 15) is 4.79 Å². The zero-order valence-electron chi connectivity index (χ0n) is 13.4. The van der Waals surface area contributed by atoms with Crippen molar-refractivity contribution < 1.29 is 9.53 Å². The van der Waals surface area contributed by atoms with E-state index < -0.39 is 0 Å². The lowest BCUT2D eigenvalue weighted by molar-refractivity contribution is -0.153. The number of hydrogen-bond donors (Lipinski definition) is 1. The van der Waals surface area contributed by atoms with Crippen molar-refractivity contribution in [3.63, 3.8) is 0 Å². The molecule has 2 unspecified atom stereocenters. The van der Waals surface area contributed by atoms with Gasteiger partial charge in [0.15, 0.2) is 0 Å². The van der Waals surface area contributed by atoms with E-state index in [0.717, 1.165) is 32.4 Å². The Morgan fingerprint density at radius 2 is 1.95 bits per heavy atom. The molecule has 1 aliphatic heterocycles. The number of esters is 1. The highest BCUT2D eigenvalue weighted by Crippen LogP contribution is 2.39. The second-order valence-electron chi connectivity index (χ2n) is 7.76. The first-order chi connectivity index (χ1) is 9.44. The molecule has 0 aromatic heterocycles. The van der Waals surface area contributed by atoms with Crippen LogP contribution in [0.15, 0.2) is 0 Å². The predicted octanol–water partition coefficient (Wildman–Crippen LogP) is 3.52. The first-order valence-electron chi connectivity index (χ1n) is 8.35. The monoisotopic (exact) mass is 281 g/mol. The Bertz CT molecular complexity index is 321. The van der Waals surface area contributed by atoms with E-state index in [1.807, 2.05) is 0 Å². The maximum atomic E-state index is 12.0. The number of nitrogens with one attached hydrogen (secondary N) is 1. The molecule has 3 heteroatoms. The topological polar surface area (TPSA) is 38.3 Å². The van der Waals surface area contributed by atoms with Gasteiger partial charge in [-0.05, 0) is 68.9 Å². The van der Waals surface area contributed by atoms with Crippen LogP contribution in [0.2, 0.25) is 0 Å². The smallest absolute Gasteiger partial charge is 0.306 e. The van der Waals surface area contributed by atoms with Crippen LogP contribution in [0.25, 0.3) is 0 Å². The van der Waals surface area contributed by atoms with Gasteiger partial charge in [-0.25, -0.2) is 0 Å². The van der Waals surface area contributed by atoms with Gasteiger partial charge in [0, 0.05) is 6.42 Å². The molecule has 0 radical (unpaired) electrons. The van der Waals surface area contributed by atoms with Crippen molar-refractivity contribution in [3.05, 3.63) is 0 Å². The van der Waals surface area contributed by atoms with Crippen molar-refractivity contribution in [1.82, 2.24) is 5.32 Å². The molecule has 20 heavy (non-hydrogen) atoms. The molecule has 0 spiro atoms. The largest absolute Gasteiger partial charge is 0.462 e. The van der Waals surface area contributed by atoms with Crippen molar-refractivity contribution in [2.24, 2.45) is 17.3 Å². The van der Waals surface area contributed by atoms with Crippen LogP contribution in [0, 0.1) is 17.3 Å². The third-order valence-corrected chi connectivity index (χ3v) is 4.86. The molecule has 1 saturated heterocycles. The number of carbonyl (C=O) groups is 1. The van der Waals surface area contributed by atoms with Crippen LogP contribution in [0.5, 0.6) is 0 Å². The van der Waals surface area contributed by atoms with Gasteiger partial charge in [0.2, 0.25) is 0 Å². The summed E-state index contributed by atoms with van der Waals surface area (Å²) in [5.74, 6) is 1.41. The standard InChI is InChI=1S/C17H31NO2/c1-13-10-15(12-17(2,3)11-13)20-16(19)5-4-14-6-8-18-9-7-14/h13-15,18H,4-12H2,1-3H3. The molecule has 0 aromatic rings. The highest BCUT2D eigenvalue weighted by Gasteiger charge is 2.33. The van der Waals surface area contributed by atoms with Crippen molar-refractivity contribution >= 4 is 5.97 Å². The number of piperidine rings is 1. The Balaban J connectivity index is 1.70. The number of ether oxygens (including phenoxy) is 1. The fourth-order valence-electron chi connectivity index (χ4n) is 4.09. The first-order valence-corrected chi connectivity index (χ1v) is 8.35. The Hall–Kier alpha value is -0.570. The minimum absolute atomic E-state index is 0.0263. The average molecular weight is 281 g/mol. The molecule has 2 fully saturated rings. The normalized spacial score (nSPS) is 30.9. The fraction of sp³-hybridized carbons (Fsp3) is 0.941. The minimum atomic E-state index is 0.0263. The summed E-state index contributed by atoms with van der Waals surface area (Å²) < 4.78 is 5.73. The second kappa shape index (κ2) is 6.93. The van der Waals surface area contributed by atoms with Crippen LogP contribution in [0.1, 0.15) is 65.7 Å². The highest BCUT2D eigenvalue weighted by molar-refractivity contribution is 5.69. The summed E-state index contributed by atoms with van der Waals surface area (Å²) in [6.07, 6.45) is 7.49. The van der Waals surface area contributed by atoms with Crippen LogP contribution < -0.4 is 5.32 Å². The van der Waals surface area contributed by atoms with E-state index in [1.54, 1.807) is 0 Å². The van der Waals surface area contributed by atoms with Crippen LogP contribution in [-0.4, -0.2) is 25.2 Å². The van der Waals surface area contributed by atoms with Gasteiger partial charge in [-0.2, -0.15) is 0 Å². The molecule has 1 aliphatic carbocycles. The molecule has 2 rings (SSSR count). The van der Waals surface area contributed by atoms with E-state index in [0.29, 0.717) is 23.7 Å². The molecule has 116 valence electrons. The Labute approximate surface area is 123 Å². The van der Waals surface area contributed by atoms with E-state index in [-0.39, 0.29) is 12.1 Å². The Morgan fingerprint density at radius 3 is 2.60 bits per heavy atom. The van der Waals surface area contributed by atoms with Crippen LogP contribution in [0.3, 0.4) is 0 Å². The van der Waals surface area contributed by atoms with Crippen LogP contribution in [0.4, 0.5) is 0 Å². The molecule has 1 saturated carbocycles. The minimum Gasteiger partial charge on any atom is -0.462 e. The molecule has 0 bridgehead atoms. The van der Waals surface area contributed by atoms with Gasteiger partial charge < -0.3 is 10.1 Å². The maximum absolute atomic E-state index is 12.0. The van der Waals surface area contributed by atoms with Crippen molar-refractivity contribution in [1.29, 1.82) is 0 Å². The average Bonchev–Trinajstić information content (AvgIpc) is 2.35. The zero-order chi connectivity index (χ0) is 14.6. The quantitative estimate of drug-likeness (QED) is 0.801. The maximum Gasteiger partial charge on any atom is 0.306 e. The van der Waals surface area contributed by atoms with E-state index in [4.69, 9.17) is 4.74 Å². The van der Waals surface area contributed by atoms with E-state index >= 15 is 0 Å². The first kappa shape index (κ1) is 15.8. The lowest BCUT2D eigenvalue weighted by Crippen LogP contribution is -2.34. The van der Waals surface area contributed by atoms with E-state index in [1.165, 1.54) is 19.3 Å². The summed E-state index contributed by atoms with van der Waals surface area (Å²) in [6.45, 7) is 9.07. The SMILES string of the molecule is CC1CC(OC(=O)CCC2CCNCC2)CC(C)(C)C1. The number of hydrogen-bond acceptors (Lipinski definition) is 3. The lowest BCUT2D eigenvalue weighted by atomic mass is 9.71. The van der Waals surface area contributed by atoms with Crippen molar-refractivity contribution in [3.8, 4) is 0 Å². The van der Waals surface area contributed by atoms with Crippen LogP contribution >= 0.6 is 0 Å². The Morgan fingerprint density at radius 1 is 1.25 bits per heavy atom. The molecule has 2 aliphatic rings. The Kier molecular flexibility index (Phi) is 5.48. The number of rotatable bonds is 4. The van der Waals surface area contributed by atoms with Gasteiger partial charge >= 0.3 is 5.97 Å². The highest BCUT2D eigenvalue weighted by atomic mass is 16.5. The molecular formula is C17H31NO2. The molecule has 0 amide bonds. The zero-order valence-corrected chi connectivity index (χ0v) is 13.4. The summed E-state index contributed by atoms with van der Waals surface area (Å²) >= 11 is 0. The molecule has 2 atom stereocenters. The summed E-state index contributed by atoms with van der Waals surface area (Å²) in [7, 11) is 0. The number of carbonyl (C=O) groups excluding carboxylic acids is 1. The van der Waals surface area contributed by atoms with Gasteiger partial charge in [0.25, 0.3) is 0 Å². The van der Waals surface area contributed by atoms with Crippen LogP contribution in [-0.2, 0) is 9.53 Å². The summed E-state index contributed by atoms with van der Waals surface area (Å²) in [5.41, 5.74) is 0.317. The van der Waals surface area contributed by atoms with Crippen molar-refractivity contribution in [2.75, 3.05) is 13.1 Å². The third kappa shape index (κ3) is 5.08. The molecule has 0 aromatic carbocycles. The molecule has 1 N–H and O–H groups in total. The summed E-state index contributed by atoms with van der Waals surface area (Å²) in [6, 6.07) is 0. The van der Waals surface area contributed by atoms with E-state index in [2.05, 4.69) is 26.1 Å². The predicted molar refractivity (Wildman–Crippen MR) is 81.5 cm³/mol. The second-order valence-corrected chi connectivity index (χ2v) is 7.76. The third-order valence-electron chi connectivity index (χ3n) is 4.86. The van der Waals surface area contributed by atoms with Gasteiger partial charge in [-0.15, -0.1) is 0 Å². The lowest BCUT2D eigenvalue weighted by Gasteiger charge is -2.38.